The highest BCUT2D eigenvalue weighted by Gasteiger charge is 2.36. The Kier molecular flexibility index (Phi) is 4.37. The van der Waals surface area contributed by atoms with Gasteiger partial charge in [-0.25, -0.2) is 4.39 Å². The summed E-state index contributed by atoms with van der Waals surface area (Å²) in [5.41, 5.74) is -1.58. The predicted molar refractivity (Wildman–Crippen MR) is 69.6 cm³/mol. The van der Waals surface area contributed by atoms with Crippen LogP contribution in [0.3, 0.4) is 0 Å². The molecule has 0 radical (unpaired) electrons. The Bertz CT molecular complexity index is 613. The zero-order valence-electron chi connectivity index (χ0n) is 11.4. The van der Waals surface area contributed by atoms with Gasteiger partial charge in [-0.3, -0.25) is 9.59 Å². The number of hydrogen-bond donors (Lipinski definition) is 0. The van der Waals surface area contributed by atoms with Crippen LogP contribution in [0.4, 0.5) is 4.39 Å². The van der Waals surface area contributed by atoms with Crippen molar-refractivity contribution in [1.29, 1.82) is 10.5 Å². The number of ketones is 2. The van der Waals surface area contributed by atoms with Crippen molar-refractivity contribution in [1.82, 2.24) is 0 Å². The minimum absolute atomic E-state index is 0.113. The van der Waals surface area contributed by atoms with Crippen molar-refractivity contribution in [2.45, 2.75) is 26.9 Å². The number of carbonyl (C=O) groups excluding carboxylic acids is 2. The van der Waals surface area contributed by atoms with Crippen LogP contribution in [0.5, 0.6) is 0 Å². The van der Waals surface area contributed by atoms with Crippen molar-refractivity contribution in [2.24, 2.45) is 5.41 Å². The Hall–Kier alpha value is -2.53. The summed E-state index contributed by atoms with van der Waals surface area (Å²) in [6.45, 7) is 4.49. The molecule has 0 aliphatic rings. The average molecular weight is 272 g/mol. The summed E-state index contributed by atoms with van der Waals surface area (Å²) in [4.78, 5) is 23.9. The molecule has 0 fully saturated rings. The van der Waals surface area contributed by atoms with E-state index in [0.717, 1.165) is 0 Å². The molecule has 1 aromatic carbocycles. The smallest absolute Gasteiger partial charge is 0.221 e. The van der Waals surface area contributed by atoms with E-state index in [1.807, 2.05) is 0 Å². The maximum Gasteiger partial charge on any atom is 0.221 e. The van der Waals surface area contributed by atoms with Crippen molar-refractivity contribution >= 4 is 11.6 Å². The second-order valence-electron chi connectivity index (χ2n) is 5.29. The highest BCUT2D eigenvalue weighted by Crippen LogP contribution is 2.23. The van der Waals surface area contributed by atoms with Gasteiger partial charge in [-0.05, 0) is 12.1 Å². The molecule has 0 N–H and O–H groups in total. The molecular weight excluding hydrogens is 259 g/mol. The molecule has 0 aliphatic heterocycles. The summed E-state index contributed by atoms with van der Waals surface area (Å²) in [5, 5.41) is 17.9. The lowest BCUT2D eigenvalue weighted by atomic mass is 9.84. The number of nitrogens with zero attached hydrogens (tertiary/aromatic N) is 2. The highest BCUT2D eigenvalue weighted by molar-refractivity contribution is 6.16. The molecule has 0 heterocycles. The minimum atomic E-state index is -2.38. The topological polar surface area (TPSA) is 81.7 Å². The summed E-state index contributed by atoms with van der Waals surface area (Å²) >= 11 is 0. The first-order valence-electron chi connectivity index (χ1n) is 5.90. The Balaban J connectivity index is 3.34. The molecule has 1 aromatic rings. The number of carbonyl (C=O) groups is 2. The molecule has 20 heavy (non-hydrogen) atoms. The monoisotopic (exact) mass is 272 g/mol. The first-order chi connectivity index (χ1) is 9.23. The molecular formula is C15H13FN2O2. The summed E-state index contributed by atoms with van der Waals surface area (Å²) < 4.78 is 14.1. The van der Waals surface area contributed by atoms with Gasteiger partial charge in [0.05, 0.1) is 28.8 Å². The van der Waals surface area contributed by atoms with E-state index in [0.29, 0.717) is 0 Å². The molecule has 1 unspecified atom stereocenters. The number of nitriles is 2. The van der Waals surface area contributed by atoms with Gasteiger partial charge < -0.3 is 0 Å². The van der Waals surface area contributed by atoms with E-state index in [1.54, 1.807) is 12.1 Å². The van der Waals surface area contributed by atoms with Crippen molar-refractivity contribution in [3.63, 3.8) is 0 Å². The van der Waals surface area contributed by atoms with Gasteiger partial charge in [0.25, 0.3) is 0 Å². The quantitative estimate of drug-likeness (QED) is 0.625. The van der Waals surface area contributed by atoms with Crippen LogP contribution in [0, 0.1) is 28.1 Å². The van der Waals surface area contributed by atoms with E-state index in [4.69, 9.17) is 10.5 Å². The molecule has 0 saturated carbocycles. The van der Waals surface area contributed by atoms with E-state index in [2.05, 4.69) is 0 Å². The third-order valence-corrected chi connectivity index (χ3v) is 2.75. The Labute approximate surface area is 116 Å². The van der Waals surface area contributed by atoms with Gasteiger partial charge >= 0.3 is 0 Å². The largest absolute Gasteiger partial charge is 0.295 e. The maximum atomic E-state index is 14.1. The summed E-state index contributed by atoms with van der Waals surface area (Å²) in [5.74, 6) is -2.02. The summed E-state index contributed by atoms with van der Waals surface area (Å²) in [7, 11) is 0. The van der Waals surface area contributed by atoms with E-state index >= 15 is 0 Å². The number of halogens is 1. The van der Waals surface area contributed by atoms with Crippen molar-refractivity contribution in [3.05, 3.63) is 34.9 Å². The maximum absolute atomic E-state index is 14.1. The predicted octanol–water partition coefficient (Wildman–Crippen LogP) is 2.57. The highest BCUT2D eigenvalue weighted by atomic mass is 19.1. The van der Waals surface area contributed by atoms with E-state index in [-0.39, 0.29) is 16.7 Å². The van der Waals surface area contributed by atoms with Gasteiger partial charge in [-0.1, -0.05) is 26.8 Å². The van der Waals surface area contributed by atoms with Gasteiger partial charge in [0.2, 0.25) is 12.0 Å². The molecule has 0 bridgehead atoms. The van der Waals surface area contributed by atoms with Crippen LogP contribution in [0.15, 0.2) is 18.2 Å². The number of benzene rings is 1. The Morgan fingerprint density at radius 3 is 1.95 bits per heavy atom. The van der Waals surface area contributed by atoms with Crippen LogP contribution in [0.1, 0.15) is 42.3 Å². The standard InChI is InChI=1S/C15H13FN2O2/c1-15(2,3)14(20)12(16)13(19)11-9(7-17)5-4-6-10(11)8-18/h4-6,12H,1-3H3. The lowest BCUT2D eigenvalue weighted by Crippen LogP contribution is -2.35. The zero-order valence-corrected chi connectivity index (χ0v) is 11.4. The molecule has 1 rings (SSSR count). The lowest BCUT2D eigenvalue weighted by Gasteiger charge is -2.19. The molecule has 0 amide bonds. The Morgan fingerprint density at radius 2 is 1.60 bits per heavy atom. The first-order valence-corrected chi connectivity index (χ1v) is 5.90. The number of rotatable bonds is 3. The molecule has 0 aromatic heterocycles. The fourth-order valence-corrected chi connectivity index (χ4v) is 1.63. The van der Waals surface area contributed by atoms with Crippen molar-refractivity contribution < 1.29 is 14.0 Å². The fraction of sp³-hybridized carbons (Fsp3) is 0.333. The van der Waals surface area contributed by atoms with E-state index in [1.165, 1.54) is 39.0 Å². The van der Waals surface area contributed by atoms with Crippen LogP contribution >= 0.6 is 0 Å². The van der Waals surface area contributed by atoms with Gasteiger partial charge in [-0.2, -0.15) is 10.5 Å². The van der Waals surface area contributed by atoms with Crippen molar-refractivity contribution in [3.8, 4) is 12.1 Å². The number of hydrogen-bond acceptors (Lipinski definition) is 4. The minimum Gasteiger partial charge on any atom is -0.295 e. The van der Waals surface area contributed by atoms with Gasteiger partial charge in [0.15, 0.2) is 5.78 Å². The molecule has 0 saturated heterocycles. The van der Waals surface area contributed by atoms with Crippen molar-refractivity contribution in [2.75, 3.05) is 0 Å². The van der Waals surface area contributed by atoms with Crippen LogP contribution in [-0.4, -0.2) is 17.7 Å². The van der Waals surface area contributed by atoms with Gasteiger partial charge in [0, 0.05) is 5.41 Å². The van der Waals surface area contributed by atoms with Crippen LogP contribution in [0.25, 0.3) is 0 Å². The molecule has 0 aliphatic carbocycles. The number of Topliss-reactive ketones (excluding diaryl/α,β-unsaturated/α-hetero) is 2. The molecule has 102 valence electrons. The van der Waals surface area contributed by atoms with Crippen LogP contribution in [0.2, 0.25) is 0 Å². The second-order valence-corrected chi connectivity index (χ2v) is 5.29. The van der Waals surface area contributed by atoms with E-state index < -0.39 is 23.2 Å². The molecule has 1 atom stereocenters. The Morgan fingerprint density at radius 1 is 1.15 bits per heavy atom. The van der Waals surface area contributed by atoms with Crippen LogP contribution in [-0.2, 0) is 4.79 Å². The molecule has 5 heteroatoms. The third kappa shape index (κ3) is 2.89. The third-order valence-electron chi connectivity index (χ3n) is 2.75. The lowest BCUT2D eigenvalue weighted by molar-refractivity contribution is -0.129. The van der Waals surface area contributed by atoms with E-state index in [9.17, 15) is 14.0 Å². The average Bonchev–Trinajstić information content (AvgIpc) is 2.42. The zero-order chi connectivity index (χ0) is 15.5. The van der Waals surface area contributed by atoms with Gasteiger partial charge in [-0.15, -0.1) is 0 Å². The molecule has 4 nitrogen and oxygen atoms in total. The van der Waals surface area contributed by atoms with Crippen LogP contribution < -0.4 is 0 Å². The van der Waals surface area contributed by atoms with Gasteiger partial charge in [0.1, 0.15) is 0 Å². The molecule has 0 spiro atoms. The normalized spacial score (nSPS) is 12.1. The fourth-order valence-electron chi connectivity index (χ4n) is 1.63. The first kappa shape index (κ1) is 15.5. The SMILES string of the molecule is CC(C)(C)C(=O)C(F)C(=O)c1c(C#N)cccc1C#N. The second kappa shape index (κ2) is 5.63. The number of alkyl halides is 1. The summed E-state index contributed by atoms with van der Waals surface area (Å²) in [6.07, 6.45) is -2.38. The summed E-state index contributed by atoms with van der Waals surface area (Å²) in [6, 6.07) is 7.51.